The molecular formula is C22H17ClFN3O2S. The Hall–Kier alpha value is -3.29. The molecule has 0 bridgehead atoms. The quantitative estimate of drug-likeness (QED) is 0.489. The zero-order valence-corrected chi connectivity index (χ0v) is 17.4. The van der Waals surface area contributed by atoms with E-state index in [9.17, 15) is 14.0 Å². The van der Waals surface area contributed by atoms with Crippen molar-refractivity contribution in [3.63, 3.8) is 0 Å². The van der Waals surface area contributed by atoms with Crippen LogP contribution in [-0.4, -0.2) is 16.9 Å². The number of amides is 2. The minimum Gasteiger partial charge on any atom is -0.332 e. The van der Waals surface area contributed by atoms with Crippen molar-refractivity contribution in [2.24, 2.45) is 0 Å². The normalized spacial score (nSPS) is 10.2. The van der Waals surface area contributed by atoms with Gasteiger partial charge in [0.15, 0.2) is 5.11 Å². The van der Waals surface area contributed by atoms with E-state index in [0.717, 1.165) is 5.56 Å². The Morgan fingerprint density at radius 2 is 1.63 bits per heavy atom. The Morgan fingerprint density at radius 3 is 2.37 bits per heavy atom. The largest absolute Gasteiger partial charge is 0.332 e. The van der Waals surface area contributed by atoms with Crippen LogP contribution in [0.1, 0.15) is 26.3 Å². The van der Waals surface area contributed by atoms with Crippen LogP contribution in [0.25, 0.3) is 0 Å². The van der Waals surface area contributed by atoms with E-state index < -0.39 is 11.7 Å². The minimum atomic E-state index is -0.567. The number of carbonyl (C=O) groups excluding carboxylic acids is 2. The maximum absolute atomic E-state index is 13.3. The van der Waals surface area contributed by atoms with E-state index in [0.29, 0.717) is 22.5 Å². The van der Waals surface area contributed by atoms with Crippen molar-refractivity contribution in [3.05, 3.63) is 94.3 Å². The summed E-state index contributed by atoms with van der Waals surface area (Å²) in [4.78, 5) is 24.8. The number of hydrogen-bond acceptors (Lipinski definition) is 3. The van der Waals surface area contributed by atoms with Gasteiger partial charge in [0.05, 0.1) is 5.02 Å². The molecule has 3 N–H and O–H groups in total. The standard InChI is InChI=1S/C22H17ClFN3O2S/c1-13-5-2-3-8-17(13)21(29)27-22(30)26-15-7-4-6-14(11-15)20(28)25-16-9-10-19(24)18(23)12-16/h2-12H,1H3,(H,25,28)(H2,26,27,29,30). The molecule has 0 spiro atoms. The second-order valence-electron chi connectivity index (χ2n) is 6.39. The molecular weight excluding hydrogens is 425 g/mol. The zero-order chi connectivity index (χ0) is 21.7. The first kappa shape index (κ1) is 21.4. The number of benzene rings is 3. The molecule has 8 heteroatoms. The van der Waals surface area contributed by atoms with Crippen molar-refractivity contribution in [2.45, 2.75) is 6.92 Å². The topological polar surface area (TPSA) is 70.2 Å². The van der Waals surface area contributed by atoms with Gasteiger partial charge in [-0.25, -0.2) is 4.39 Å². The summed E-state index contributed by atoms with van der Waals surface area (Å²) in [6, 6.07) is 17.6. The lowest BCUT2D eigenvalue weighted by atomic mass is 10.1. The number of hydrogen-bond donors (Lipinski definition) is 3. The number of aryl methyl sites for hydroxylation is 1. The summed E-state index contributed by atoms with van der Waals surface area (Å²) in [5.74, 6) is -1.30. The van der Waals surface area contributed by atoms with Crippen molar-refractivity contribution >= 4 is 52.1 Å². The van der Waals surface area contributed by atoms with Gasteiger partial charge in [0.1, 0.15) is 5.82 Å². The van der Waals surface area contributed by atoms with Crippen molar-refractivity contribution in [1.82, 2.24) is 5.32 Å². The first-order valence-electron chi connectivity index (χ1n) is 8.88. The molecule has 0 aliphatic heterocycles. The van der Waals surface area contributed by atoms with Crippen LogP contribution >= 0.6 is 23.8 Å². The van der Waals surface area contributed by atoms with Gasteiger partial charge in [-0.1, -0.05) is 35.9 Å². The Balaban J connectivity index is 1.65. The summed E-state index contributed by atoms with van der Waals surface area (Å²) >= 11 is 10.9. The Bertz CT molecular complexity index is 1140. The molecule has 0 unspecified atom stereocenters. The van der Waals surface area contributed by atoms with Crippen molar-refractivity contribution in [3.8, 4) is 0 Å². The van der Waals surface area contributed by atoms with Crippen LogP contribution in [0.4, 0.5) is 15.8 Å². The molecule has 3 aromatic rings. The van der Waals surface area contributed by atoms with E-state index >= 15 is 0 Å². The van der Waals surface area contributed by atoms with Crippen LogP contribution < -0.4 is 16.0 Å². The second-order valence-corrected chi connectivity index (χ2v) is 7.20. The van der Waals surface area contributed by atoms with E-state index in [-0.39, 0.29) is 16.0 Å². The third kappa shape index (κ3) is 5.40. The molecule has 5 nitrogen and oxygen atoms in total. The van der Waals surface area contributed by atoms with Crippen LogP contribution in [0.5, 0.6) is 0 Å². The summed E-state index contributed by atoms with van der Waals surface area (Å²) in [5, 5.41) is 8.17. The van der Waals surface area contributed by atoms with Crippen molar-refractivity contribution < 1.29 is 14.0 Å². The monoisotopic (exact) mass is 441 g/mol. The first-order chi connectivity index (χ1) is 14.3. The fraction of sp³-hybridized carbons (Fsp3) is 0.0455. The van der Waals surface area contributed by atoms with Crippen LogP contribution in [0.2, 0.25) is 5.02 Å². The number of halogens is 2. The molecule has 0 radical (unpaired) electrons. The highest BCUT2D eigenvalue weighted by molar-refractivity contribution is 7.80. The zero-order valence-electron chi connectivity index (χ0n) is 15.8. The Kier molecular flexibility index (Phi) is 6.76. The van der Waals surface area contributed by atoms with Gasteiger partial charge in [-0.05, 0) is 67.2 Å². The summed E-state index contributed by atoms with van der Waals surface area (Å²) in [6.07, 6.45) is 0. The predicted octanol–water partition coefficient (Wildman–Crippen LogP) is 5.17. The van der Waals surface area contributed by atoms with Gasteiger partial charge in [-0.15, -0.1) is 0 Å². The van der Waals surface area contributed by atoms with E-state index in [1.165, 1.54) is 18.2 Å². The number of carbonyl (C=O) groups is 2. The van der Waals surface area contributed by atoms with Crippen LogP contribution in [0, 0.1) is 12.7 Å². The molecule has 0 aliphatic carbocycles. The van der Waals surface area contributed by atoms with Gasteiger partial charge < -0.3 is 10.6 Å². The number of anilines is 2. The molecule has 0 heterocycles. The highest BCUT2D eigenvalue weighted by Crippen LogP contribution is 2.20. The molecule has 3 rings (SSSR count). The third-order valence-electron chi connectivity index (χ3n) is 4.18. The minimum absolute atomic E-state index is 0.0852. The lowest BCUT2D eigenvalue weighted by Gasteiger charge is -2.12. The first-order valence-corrected chi connectivity index (χ1v) is 9.66. The van der Waals surface area contributed by atoms with Crippen LogP contribution in [-0.2, 0) is 0 Å². The van der Waals surface area contributed by atoms with Crippen molar-refractivity contribution in [2.75, 3.05) is 10.6 Å². The lowest BCUT2D eigenvalue weighted by Crippen LogP contribution is -2.34. The number of nitrogens with one attached hydrogen (secondary N) is 3. The lowest BCUT2D eigenvalue weighted by molar-refractivity contribution is 0.0975. The number of rotatable bonds is 4. The maximum atomic E-state index is 13.3. The molecule has 152 valence electrons. The van der Waals surface area contributed by atoms with Gasteiger partial charge in [0.2, 0.25) is 0 Å². The SMILES string of the molecule is Cc1ccccc1C(=O)NC(=S)Nc1cccc(C(=O)Nc2ccc(F)c(Cl)c2)c1. The predicted molar refractivity (Wildman–Crippen MR) is 121 cm³/mol. The average molecular weight is 442 g/mol. The molecule has 0 aliphatic rings. The maximum Gasteiger partial charge on any atom is 0.257 e. The molecule has 3 aromatic carbocycles. The van der Waals surface area contributed by atoms with Gasteiger partial charge in [0, 0.05) is 22.5 Å². The molecule has 0 atom stereocenters. The van der Waals surface area contributed by atoms with E-state index in [1.54, 1.807) is 36.4 Å². The van der Waals surface area contributed by atoms with Gasteiger partial charge in [-0.3, -0.25) is 14.9 Å². The highest BCUT2D eigenvalue weighted by atomic mass is 35.5. The van der Waals surface area contributed by atoms with E-state index in [4.69, 9.17) is 23.8 Å². The molecule has 0 saturated carbocycles. The van der Waals surface area contributed by atoms with Crippen LogP contribution in [0.3, 0.4) is 0 Å². The highest BCUT2D eigenvalue weighted by Gasteiger charge is 2.12. The molecule has 0 aromatic heterocycles. The van der Waals surface area contributed by atoms with Gasteiger partial charge in [-0.2, -0.15) is 0 Å². The fourth-order valence-electron chi connectivity index (χ4n) is 2.68. The second kappa shape index (κ2) is 9.47. The summed E-state index contributed by atoms with van der Waals surface area (Å²) < 4.78 is 13.3. The molecule has 0 saturated heterocycles. The smallest absolute Gasteiger partial charge is 0.257 e. The summed E-state index contributed by atoms with van der Waals surface area (Å²) in [5.41, 5.74) is 2.58. The van der Waals surface area contributed by atoms with E-state index in [2.05, 4.69) is 16.0 Å². The molecule has 0 fully saturated rings. The van der Waals surface area contributed by atoms with Crippen LogP contribution in [0.15, 0.2) is 66.7 Å². The number of thiocarbonyl (C=S) groups is 1. The summed E-state index contributed by atoms with van der Waals surface area (Å²) in [6.45, 7) is 1.84. The molecule has 30 heavy (non-hydrogen) atoms. The Labute approximate surface area is 183 Å². The third-order valence-corrected chi connectivity index (χ3v) is 4.67. The van der Waals surface area contributed by atoms with Gasteiger partial charge >= 0.3 is 0 Å². The molecule has 2 amide bonds. The van der Waals surface area contributed by atoms with Gasteiger partial charge in [0.25, 0.3) is 11.8 Å². The van der Waals surface area contributed by atoms with E-state index in [1.807, 2.05) is 19.1 Å². The fourth-order valence-corrected chi connectivity index (χ4v) is 3.07. The van der Waals surface area contributed by atoms with Crippen molar-refractivity contribution in [1.29, 1.82) is 0 Å². The Morgan fingerprint density at radius 1 is 0.900 bits per heavy atom. The summed E-state index contributed by atoms with van der Waals surface area (Å²) in [7, 11) is 0. The average Bonchev–Trinajstić information content (AvgIpc) is 2.71.